The van der Waals surface area contributed by atoms with Gasteiger partial charge in [0.2, 0.25) is 0 Å². The average Bonchev–Trinajstić information content (AvgIpc) is 3.73. The molecule has 12 aromatic rings. The fourth-order valence-electron chi connectivity index (χ4n) is 10.7. The van der Waals surface area contributed by atoms with Crippen molar-refractivity contribution in [3.63, 3.8) is 0 Å². The summed E-state index contributed by atoms with van der Waals surface area (Å²) in [5.74, 6) is 0.670. The van der Waals surface area contributed by atoms with E-state index in [0.717, 1.165) is 66.8 Å². The van der Waals surface area contributed by atoms with E-state index in [1.165, 1.54) is 49.9 Å². The molecule has 1 aliphatic rings. The first-order chi connectivity index (χ1) is 34.2. The maximum absolute atomic E-state index is 5.51. The van der Waals surface area contributed by atoms with Gasteiger partial charge in [-0.25, -0.2) is 15.0 Å². The number of aromatic nitrogens is 3. The van der Waals surface area contributed by atoms with Crippen molar-refractivity contribution in [1.82, 2.24) is 15.0 Å². The van der Waals surface area contributed by atoms with Gasteiger partial charge in [0, 0.05) is 33.0 Å². The predicted octanol–water partition coefficient (Wildman–Crippen LogP) is 16.5. The Morgan fingerprint density at radius 2 is 0.754 bits per heavy atom. The monoisotopic (exact) mass is 877 g/mol. The largest absolute Gasteiger partial charge is 0.247 e. The van der Waals surface area contributed by atoms with E-state index in [0.29, 0.717) is 5.82 Å². The van der Waals surface area contributed by atoms with Crippen molar-refractivity contribution in [2.75, 3.05) is 0 Å². The fraction of sp³-hybridized carbons (Fsp3) is 0.0152. The Balaban J connectivity index is 0.992. The van der Waals surface area contributed by atoms with E-state index in [9.17, 15) is 0 Å². The Hall–Kier alpha value is -9.05. The first-order valence-corrected chi connectivity index (χ1v) is 23.6. The van der Waals surface area contributed by atoms with Crippen LogP contribution in [0.5, 0.6) is 0 Å². The highest BCUT2D eigenvalue weighted by Gasteiger charge is 2.46. The van der Waals surface area contributed by atoms with Crippen molar-refractivity contribution >= 4 is 21.7 Å². The van der Waals surface area contributed by atoms with Crippen LogP contribution in [-0.4, -0.2) is 15.0 Å². The van der Waals surface area contributed by atoms with Crippen molar-refractivity contribution in [2.24, 2.45) is 0 Å². The van der Waals surface area contributed by atoms with E-state index in [4.69, 9.17) is 15.0 Å². The van der Waals surface area contributed by atoms with Gasteiger partial charge in [-0.05, 0) is 91.4 Å². The molecule has 0 N–H and O–H groups in total. The first kappa shape index (κ1) is 40.2. The zero-order valence-corrected chi connectivity index (χ0v) is 37.7. The highest BCUT2D eigenvalue weighted by atomic mass is 14.9. The van der Waals surface area contributed by atoms with Crippen LogP contribution in [0.4, 0.5) is 0 Å². The Bertz CT molecular complexity index is 3710. The van der Waals surface area contributed by atoms with Crippen LogP contribution >= 0.6 is 0 Å². The van der Waals surface area contributed by atoms with Gasteiger partial charge < -0.3 is 0 Å². The van der Waals surface area contributed by atoms with E-state index in [1.807, 2.05) is 6.07 Å². The normalized spacial score (nSPS) is 12.5. The highest BCUT2D eigenvalue weighted by Crippen LogP contribution is 2.57. The van der Waals surface area contributed by atoms with Crippen LogP contribution in [0.3, 0.4) is 0 Å². The zero-order valence-electron chi connectivity index (χ0n) is 37.7. The summed E-state index contributed by atoms with van der Waals surface area (Å²) in [5, 5.41) is 3.41. The molecule has 3 nitrogen and oxygen atoms in total. The summed E-state index contributed by atoms with van der Waals surface area (Å²) in [5.41, 5.74) is 19.2. The van der Waals surface area contributed by atoms with Crippen LogP contribution in [0.25, 0.3) is 100 Å². The molecule has 0 bridgehead atoms. The van der Waals surface area contributed by atoms with Gasteiger partial charge in [0.25, 0.3) is 0 Å². The third-order valence-electron chi connectivity index (χ3n) is 14.0. The standard InChI is InChI=1S/C66H43N3/c1-5-18-44(19-6-1)46-32-36-48(37-33-46)62-43-63(69-65(68-62)49-38-34-47(35-39-49)45-20-7-2-8-21-45)50-22-17-23-51(40-50)64-58-41-57-54-28-13-15-30-59(54)66(52-24-9-3-10-25-52,53-26-11-4-12-27-53)60(57)42-56(58)55-29-14-16-31-61(55)67-64/h1-43H. The molecule has 10 aromatic carbocycles. The Kier molecular flexibility index (Phi) is 9.73. The molecule has 0 radical (unpaired) electrons. The number of rotatable bonds is 8. The lowest BCUT2D eigenvalue weighted by atomic mass is 9.67. The van der Waals surface area contributed by atoms with Crippen LogP contribution in [0.15, 0.2) is 261 Å². The molecule has 0 spiro atoms. The fourth-order valence-corrected chi connectivity index (χ4v) is 10.7. The minimum Gasteiger partial charge on any atom is -0.247 e. The minimum atomic E-state index is -0.515. The average molecular weight is 878 g/mol. The van der Waals surface area contributed by atoms with Gasteiger partial charge in [-0.1, -0.05) is 231 Å². The molecule has 69 heavy (non-hydrogen) atoms. The lowest BCUT2D eigenvalue weighted by molar-refractivity contribution is 0.769. The third kappa shape index (κ3) is 6.86. The molecule has 2 aromatic heterocycles. The van der Waals surface area contributed by atoms with E-state index < -0.39 is 5.41 Å². The van der Waals surface area contributed by atoms with Crippen LogP contribution in [0, 0.1) is 0 Å². The van der Waals surface area contributed by atoms with Gasteiger partial charge >= 0.3 is 0 Å². The lowest BCUT2D eigenvalue weighted by Gasteiger charge is -2.34. The number of nitrogens with zero attached hydrogens (tertiary/aromatic N) is 3. The van der Waals surface area contributed by atoms with Gasteiger partial charge in [0.1, 0.15) is 0 Å². The van der Waals surface area contributed by atoms with Crippen LogP contribution in [0.1, 0.15) is 22.3 Å². The molecular weight excluding hydrogens is 835 g/mol. The summed E-state index contributed by atoms with van der Waals surface area (Å²) in [6, 6.07) is 93.5. The third-order valence-corrected chi connectivity index (χ3v) is 14.0. The quantitative estimate of drug-likeness (QED) is 0.143. The molecule has 0 saturated carbocycles. The van der Waals surface area contributed by atoms with Crippen molar-refractivity contribution in [1.29, 1.82) is 0 Å². The van der Waals surface area contributed by atoms with Crippen LogP contribution in [0.2, 0.25) is 0 Å². The second kappa shape index (κ2) is 16.7. The number of para-hydroxylation sites is 1. The minimum absolute atomic E-state index is 0.515. The van der Waals surface area contributed by atoms with Crippen molar-refractivity contribution < 1.29 is 0 Å². The van der Waals surface area contributed by atoms with Crippen LogP contribution in [-0.2, 0) is 5.41 Å². The predicted molar refractivity (Wildman–Crippen MR) is 285 cm³/mol. The second-order valence-corrected chi connectivity index (χ2v) is 17.9. The van der Waals surface area contributed by atoms with Gasteiger partial charge in [0.05, 0.1) is 28.0 Å². The molecule has 0 fully saturated rings. The number of pyridine rings is 1. The van der Waals surface area contributed by atoms with Gasteiger partial charge in [-0.3, -0.25) is 0 Å². The molecule has 2 heterocycles. The second-order valence-electron chi connectivity index (χ2n) is 17.9. The van der Waals surface area contributed by atoms with Gasteiger partial charge in [0.15, 0.2) is 5.82 Å². The van der Waals surface area contributed by atoms with Gasteiger partial charge in [-0.15, -0.1) is 0 Å². The molecule has 0 atom stereocenters. The van der Waals surface area contributed by atoms with E-state index in [-0.39, 0.29) is 0 Å². The smallest absolute Gasteiger partial charge is 0.160 e. The van der Waals surface area contributed by atoms with Crippen molar-refractivity contribution in [2.45, 2.75) is 5.41 Å². The summed E-state index contributed by atoms with van der Waals surface area (Å²) < 4.78 is 0. The molecule has 0 amide bonds. The number of hydrogen-bond donors (Lipinski definition) is 0. The summed E-state index contributed by atoms with van der Waals surface area (Å²) in [7, 11) is 0. The molecular formula is C66H43N3. The maximum atomic E-state index is 5.51. The van der Waals surface area contributed by atoms with Crippen molar-refractivity contribution in [3.05, 3.63) is 283 Å². The molecule has 0 saturated heterocycles. The number of hydrogen-bond acceptors (Lipinski definition) is 3. The summed E-state index contributed by atoms with van der Waals surface area (Å²) in [6.07, 6.45) is 0. The Morgan fingerprint density at radius 3 is 1.41 bits per heavy atom. The summed E-state index contributed by atoms with van der Waals surface area (Å²) in [4.78, 5) is 16.1. The Labute approximate surface area is 401 Å². The van der Waals surface area contributed by atoms with Crippen molar-refractivity contribution in [3.8, 4) is 78.5 Å². The maximum Gasteiger partial charge on any atom is 0.160 e. The van der Waals surface area contributed by atoms with E-state index in [2.05, 4.69) is 255 Å². The molecule has 322 valence electrons. The first-order valence-electron chi connectivity index (χ1n) is 23.6. The zero-order chi connectivity index (χ0) is 45.7. The SMILES string of the molecule is c1ccc(-c2ccc(-c3cc(-c4cccc(-c5nc6ccccc6c6cc7c(cc56)-c5ccccc5C7(c5ccccc5)c5ccccc5)c4)nc(-c4ccc(-c5ccccc5)cc4)n3)cc2)cc1. The lowest BCUT2D eigenvalue weighted by Crippen LogP contribution is -2.28. The summed E-state index contributed by atoms with van der Waals surface area (Å²) in [6.45, 7) is 0. The number of benzene rings is 10. The highest BCUT2D eigenvalue weighted by molar-refractivity contribution is 6.13. The topological polar surface area (TPSA) is 38.7 Å². The molecule has 0 unspecified atom stereocenters. The van der Waals surface area contributed by atoms with Gasteiger partial charge in [-0.2, -0.15) is 0 Å². The molecule has 13 rings (SSSR count). The molecule has 0 aliphatic heterocycles. The molecule has 1 aliphatic carbocycles. The van der Waals surface area contributed by atoms with Crippen LogP contribution < -0.4 is 0 Å². The number of fused-ring (bicyclic) bond motifs is 6. The summed E-state index contributed by atoms with van der Waals surface area (Å²) >= 11 is 0. The van der Waals surface area contributed by atoms with E-state index >= 15 is 0 Å². The van der Waals surface area contributed by atoms with E-state index in [1.54, 1.807) is 0 Å². The molecule has 3 heteroatoms. The Morgan fingerprint density at radius 1 is 0.261 bits per heavy atom.